The minimum absolute atomic E-state index is 0.00347. The van der Waals surface area contributed by atoms with Crippen LogP contribution in [-0.2, 0) is 33.2 Å². The molecule has 3 N–H and O–H groups in total. The van der Waals surface area contributed by atoms with E-state index in [0.29, 0.717) is 0 Å². The molecule has 5 saturated heterocycles. The van der Waals surface area contributed by atoms with E-state index in [4.69, 9.17) is 33.2 Å². The zero-order chi connectivity index (χ0) is 24.9. The SMILES string of the molecule is CC1(C)OC2O[C@H](C3OC[C@H]4O[C@@H](n5ccc(=O)[nH]c5=O)C(O)[C@H]4N3O)[C@@H]3OC(C)(C)O[C@@H]3C2O1. The predicted octanol–water partition coefficient (Wildman–Crippen LogP) is -1.39. The van der Waals surface area contributed by atoms with Crippen LogP contribution in [-0.4, -0.2) is 98.3 Å². The molecule has 5 aliphatic heterocycles. The molecule has 6 rings (SSSR count). The molecule has 35 heavy (non-hydrogen) atoms. The van der Waals surface area contributed by atoms with Crippen molar-refractivity contribution in [2.45, 2.75) is 101 Å². The van der Waals surface area contributed by atoms with E-state index in [9.17, 15) is 19.9 Å². The molecule has 0 amide bonds. The van der Waals surface area contributed by atoms with Gasteiger partial charge in [-0.2, -0.15) is 5.06 Å². The van der Waals surface area contributed by atoms with Gasteiger partial charge in [0, 0.05) is 12.3 Å². The van der Waals surface area contributed by atoms with Crippen LogP contribution in [0.5, 0.6) is 0 Å². The van der Waals surface area contributed by atoms with Crippen molar-refractivity contribution in [3.63, 3.8) is 0 Å². The fourth-order valence-corrected chi connectivity index (χ4v) is 5.61. The number of nitrogens with zero attached hydrogens (tertiary/aromatic N) is 2. The van der Waals surface area contributed by atoms with E-state index < -0.39 is 84.2 Å². The van der Waals surface area contributed by atoms with Gasteiger partial charge < -0.3 is 43.5 Å². The Labute approximate surface area is 199 Å². The van der Waals surface area contributed by atoms with Crippen molar-refractivity contribution in [2.24, 2.45) is 0 Å². The van der Waals surface area contributed by atoms with Gasteiger partial charge in [-0.3, -0.25) is 14.3 Å². The number of H-pyrrole nitrogens is 1. The highest BCUT2D eigenvalue weighted by Gasteiger charge is 2.64. The number of fused-ring (bicyclic) bond motifs is 4. The molecule has 6 heterocycles. The lowest BCUT2D eigenvalue weighted by Gasteiger charge is -2.46. The molecular weight excluding hydrogens is 470 g/mol. The van der Waals surface area contributed by atoms with Gasteiger partial charge in [0.15, 0.2) is 30.3 Å². The van der Waals surface area contributed by atoms with E-state index in [0.717, 1.165) is 15.7 Å². The van der Waals surface area contributed by atoms with Crippen LogP contribution in [0.25, 0.3) is 0 Å². The van der Waals surface area contributed by atoms with Crippen LogP contribution in [0.15, 0.2) is 21.9 Å². The molecule has 5 aliphatic rings. The number of ether oxygens (including phenoxy) is 7. The standard InChI is InChI=1S/C21H29N3O11/c1-20(2)32-12-13(33-20)15-18(35-21(3,4)34-15)31-14(12)17-24(28)10-8(7-29-17)30-16(11(10)26)23-6-5-9(25)22-19(23)27/h5-6,8,10-18,26,28H,7H2,1-4H3,(H,22,25,27)/t8-,10+,11?,12-,13+,14+,15?,16-,17?,18?/m1/s1. The summed E-state index contributed by atoms with van der Waals surface area (Å²) < 4.78 is 43.2. The summed E-state index contributed by atoms with van der Waals surface area (Å²) >= 11 is 0. The lowest BCUT2D eigenvalue weighted by Crippen LogP contribution is -2.67. The fourth-order valence-electron chi connectivity index (χ4n) is 5.61. The summed E-state index contributed by atoms with van der Waals surface area (Å²) in [5, 5.41) is 23.1. The summed E-state index contributed by atoms with van der Waals surface area (Å²) in [5.41, 5.74) is -1.32. The normalized spacial score (nSPS) is 46.2. The van der Waals surface area contributed by atoms with Crippen LogP contribution in [0.2, 0.25) is 0 Å². The van der Waals surface area contributed by atoms with Crippen LogP contribution < -0.4 is 11.2 Å². The molecule has 1 aromatic rings. The van der Waals surface area contributed by atoms with E-state index in [1.54, 1.807) is 27.7 Å². The molecule has 0 aromatic carbocycles. The first-order valence-corrected chi connectivity index (χ1v) is 11.5. The van der Waals surface area contributed by atoms with Gasteiger partial charge in [-0.25, -0.2) is 4.79 Å². The maximum absolute atomic E-state index is 12.2. The molecule has 0 bridgehead atoms. The molecule has 194 valence electrons. The van der Waals surface area contributed by atoms with Crippen molar-refractivity contribution < 1.29 is 43.5 Å². The Hall–Kier alpha value is -1.72. The van der Waals surface area contributed by atoms with Gasteiger partial charge in [-0.1, -0.05) is 0 Å². The molecular formula is C21H29N3O11. The number of aromatic nitrogens is 2. The van der Waals surface area contributed by atoms with E-state index in [1.165, 1.54) is 6.20 Å². The van der Waals surface area contributed by atoms with Crippen molar-refractivity contribution in [2.75, 3.05) is 6.61 Å². The second-order valence-electron chi connectivity index (χ2n) is 10.3. The highest BCUT2D eigenvalue weighted by atomic mass is 16.9. The molecule has 0 saturated carbocycles. The van der Waals surface area contributed by atoms with Crippen molar-refractivity contribution in [1.82, 2.24) is 14.6 Å². The molecule has 0 aliphatic carbocycles. The Morgan fingerprint density at radius 3 is 2.31 bits per heavy atom. The van der Waals surface area contributed by atoms with Gasteiger partial charge in [-0.15, -0.1) is 0 Å². The molecule has 14 nitrogen and oxygen atoms in total. The minimum atomic E-state index is -1.32. The first kappa shape index (κ1) is 23.7. The van der Waals surface area contributed by atoms with Crippen molar-refractivity contribution in [3.05, 3.63) is 33.1 Å². The van der Waals surface area contributed by atoms with Crippen molar-refractivity contribution in [3.8, 4) is 0 Å². The van der Waals surface area contributed by atoms with Crippen LogP contribution in [0.1, 0.15) is 33.9 Å². The van der Waals surface area contributed by atoms with E-state index in [-0.39, 0.29) is 6.61 Å². The molecule has 0 radical (unpaired) electrons. The third kappa shape index (κ3) is 3.80. The third-order valence-electron chi connectivity index (χ3n) is 6.93. The van der Waals surface area contributed by atoms with Crippen LogP contribution in [0.3, 0.4) is 0 Å². The van der Waals surface area contributed by atoms with Crippen LogP contribution in [0.4, 0.5) is 0 Å². The summed E-state index contributed by atoms with van der Waals surface area (Å²) in [5.74, 6) is -1.85. The summed E-state index contributed by atoms with van der Waals surface area (Å²) in [6.45, 7) is 7.08. The molecule has 10 atom stereocenters. The molecule has 4 unspecified atom stereocenters. The quantitative estimate of drug-likeness (QED) is 0.437. The zero-order valence-corrected chi connectivity index (χ0v) is 19.6. The van der Waals surface area contributed by atoms with Crippen molar-refractivity contribution >= 4 is 0 Å². The highest BCUT2D eigenvalue weighted by Crippen LogP contribution is 2.46. The topological polar surface area (TPSA) is 163 Å². The number of hydrogen-bond donors (Lipinski definition) is 3. The first-order valence-electron chi connectivity index (χ1n) is 11.5. The van der Waals surface area contributed by atoms with E-state index >= 15 is 0 Å². The molecule has 0 spiro atoms. The number of aromatic amines is 1. The second-order valence-corrected chi connectivity index (χ2v) is 10.3. The summed E-state index contributed by atoms with van der Waals surface area (Å²) in [4.78, 5) is 25.8. The monoisotopic (exact) mass is 499 g/mol. The third-order valence-corrected chi connectivity index (χ3v) is 6.93. The summed E-state index contributed by atoms with van der Waals surface area (Å²) in [6.07, 6.45) is -6.50. The van der Waals surface area contributed by atoms with Gasteiger partial charge in [0.1, 0.15) is 36.6 Å². The van der Waals surface area contributed by atoms with Gasteiger partial charge in [0.2, 0.25) is 0 Å². The Balaban J connectivity index is 1.27. The Morgan fingerprint density at radius 1 is 0.943 bits per heavy atom. The average molecular weight is 499 g/mol. The van der Waals surface area contributed by atoms with Crippen molar-refractivity contribution in [1.29, 1.82) is 0 Å². The largest absolute Gasteiger partial charge is 0.387 e. The molecule has 1 aromatic heterocycles. The predicted molar refractivity (Wildman–Crippen MR) is 111 cm³/mol. The lowest BCUT2D eigenvalue weighted by molar-refractivity contribution is -0.350. The van der Waals surface area contributed by atoms with Gasteiger partial charge >= 0.3 is 5.69 Å². The maximum atomic E-state index is 12.2. The Morgan fingerprint density at radius 2 is 1.60 bits per heavy atom. The Kier molecular flexibility index (Phi) is 5.33. The summed E-state index contributed by atoms with van der Waals surface area (Å²) in [6, 6.07) is 0.191. The zero-order valence-electron chi connectivity index (χ0n) is 19.6. The Bertz CT molecular complexity index is 1100. The lowest BCUT2D eigenvalue weighted by atomic mass is 9.95. The number of nitrogens with one attached hydrogen (secondary N) is 1. The molecule has 5 fully saturated rings. The van der Waals surface area contributed by atoms with Gasteiger partial charge in [0.25, 0.3) is 5.56 Å². The maximum Gasteiger partial charge on any atom is 0.330 e. The first-order chi connectivity index (χ1) is 16.4. The number of aliphatic hydroxyl groups is 1. The second kappa shape index (κ2) is 7.89. The van der Waals surface area contributed by atoms with Crippen LogP contribution >= 0.6 is 0 Å². The highest BCUT2D eigenvalue weighted by molar-refractivity contribution is 5.05. The number of hydrogen-bond acceptors (Lipinski definition) is 12. The average Bonchev–Trinajstić information content (AvgIpc) is 3.37. The van der Waals surface area contributed by atoms with E-state index in [2.05, 4.69) is 4.98 Å². The molecule has 14 heteroatoms. The number of aliphatic hydroxyl groups excluding tert-OH is 1. The number of hydroxylamine groups is 2. The van der Waals surface area contributed by atoms with Gasteiger partial charge in [0.05, 0.1) is 12.6 Å². The minimum Gasteiger partial charge on any atom is -0.387 e. The number of rotatable bonds is 2. The van der Waals surface area contributed by atoms with E-state index in [1.807, 2.05) is 0 Å². The summed E-state index contributed by atoms with van der Waals surface area (Å²) in [7, 11) is 0. The smallest absolute Gasteiger partial charge is 0.330 e. The van der Waals surface area contributed by atoms with Gasteiger partial charge in [-0.05, 0) is 27.7 Å². The van der Waals surface area contributed by atoms with Crippen LogP contribution in [0, 0.1) is 0 Å². The fraction of sp³-hybridized carbons (Fsp3) is 0.810.